The molecule has 4 nitrogen and oxygen atoms in total. The van der Waals surface area contributed by atoms with Crippen LogP contribution in [0, 0.1) is 0 Å². The van der Waals surface area contributed by atoms with Crippen LogP contribution in [0.5, 0.6) is 0 Å². The van der Waals surface area contributed by atoms with Gasteiger partial charge in [-0.3, -0.25) is 4.79 Å². The largest absolute Gasteiger partial charge is 0.398 e. The Bertz CT molecular complexity index is 1220. The molecule has 3 aromatic carbocycles. The average molecular weight is 466 g/mol. The summed E-state index contributed by atoms with van der Waals surface area (Å²) in [5, 5.41) is 10.3. The maximum Gasteiger partial charge on any atom is 0.163 e. The molecule has 0 saturated carbocycles. The third-order valence-corrected chi connectivity index (χ3v) is 6.49. The Morgan fingerprint density at radius 2 is 1.75 bits per heavy atom. The van der Waals surface area contributed by atoms with E-state index in [0.717, 1.165) is 17.4 Å². The number of ketones is 1. The van der Waals surface area contributed by atoms with Crippen LogP contribution in [0.3, 0.4) is 0 Å². The first-order chi connectivity index (χ1) is 15.4. The van der Waals surface area contributed by atoms with Crippen molar-refractivity contribution in [2.45, 2.75) is 24.4 Å². The molecular formula is C26H21Cl2NO3. The predicted octanol–water partition coefficient (Wildman–Crippen LogP) is 5.34. The Hall–Kier alpha value is -2.92. The molecule has 0 amide bonds. The minimum Gasteiger partial charge on any atom is -0.398 e. The van der Waals surface area contributed by atoms with Crippen LogP contribution in [-0.4, -0.2) is 17.2 Å². The van der Waals surface area contributed by atoms with Crippen molar-refractivity contribution in [2.24, 2.45) is 0 Å². The lowest BCUT2D eigenvalue weighted by molar-refractivity contribution is -0.116. The number of halogens is 2. The van der Waals surface area contributed by atoms with Gasteiger partial charge in [0.15, 0.2) is 5.78 Å². The van der Waals surface area contributed by atoms with Gasteiger partial charge in [-0.2, -0.15) is 0 Å². The Balaban J connectivity index is 1.97. The van der Waals surface area contributed by atoms with E-state index in [1.54, 1.807) is 66.7 Å². The summed E-state index contributed by atoms with van der Waals surface area (Å²) in [6.45, 7) is -0.0936. The lowest BCUT2D eigenvalue weighted by Crippen LogP contribution is -2.39. The van der Waals surface area contributed by atoms with E-state index in [9.17, 15) is 14.7 Å². The molecule has 32 heavy (non-hydrogen) atoms. The number of carbonyl (C=O) groups is 2. The lowest BCUT2D eigenvalue weighted by Gasteiger charge is -2.39. The highest BCUT2D eigenvalue weighted by Crippen LogP contribution is 2.49. The van der Waals surface area contributed by atoms with E-state index in [1.165, 1.54) is 0 Å². The molecule has 0 heterocycles. The van der Waals surface area contributed by atoms with E-state index in [1.807, 2.05) is 6.07 Å². The molecule has 1 aliphatic carbocycles. The highest BCUT2D eigenvalue weighted by Gasteiger charge is 2.46. The molecule has 0 radical (unpaired) electrons. The Morgan fingerprint density at radius 1 is 1.03 bits per heavy atom. The van der Waals surface area contributed by atoms with E-state index in [4.69, 9.17) is 28.9 Å². The van der Waals surface area contributed by atoms with Crippen molar-refractivity contribution >= 4 is 46.5 Å². The standard InChI is InChI=1S/C26H21Cl2NO3/c27-19-3-1-2-18(10-19)23-12-25(32)21(17-6-4-16(14-30)5-7-17)13-26(23,15-31)22-9-8-20(28)11-24(22)29/h1-11,13,15,23,30H,12,14,29H2/t23-,26-/m0/s1. The zero-order valence-electron chi connectivity index (χ0n) is 17.1. The second kappa shape index (κ2) is 8.91. The Kier molecular flexibility index (Phi) is 6.20. The summed E-state index contributed by atoms with van der Waals surface area (Å²) in [5.41, 5.74) is 8.71. The van der Waals surface area contributed by atoms with E-state index in [2.05, 4.69) is 0 Å². The molecule has 0 saturated heterocycles. The molecule has 4 rings (SSSR count). The minimum atomic E-state index is -1.20. The number of carbonyl (C=O) groups excluding carboxylic acids is 2. The zero-order valence-corrected chi connectivity index (χ0v) is 18.6. The number of aldehydes is 1. The molecule has 6 heteroatoms. The van der Waals surface area contributed by atoms with Crippen LogP contribution >= 0.6 is 23.2 Å². The molecule has 0 unspecified atom stereocenters. The number of nitrogen functional groups attached to an aromatic ring is 1. The van der Waals surface area contributed by atoms with Crippen molar-refractivity contribution in [1.82, 2.24) is 0 Å². The average Bonchev–Trinajstić information content (AvgIpc) is 2.79. The smallest absolute Gasteiger partial charge is 0.163 e. The van der Waals surface area contributed by atoms with Crippen LogP contribution in [0.4, 0.5) is 5.69 Å². The van der Waals surface area contributed by atoms with Gasteiger partial charge in [0.05, 0.1) is 12.0 Å². The monoisotopic (exact) mass is 465 g/mol. The Morgan fingerprint density at radius 3 is 2.38 bits per heavy atom. The number of aliphatic hydroxyl groups excluding tert-OH is 1. The van der Waals surface area contributed by atoms with E-state index < -0.39 is 11.3 Å². The highest BCUT2D eigenvalue weighted by atomic mass is 35.5. The summed E-state index contributed by atoms with van der Waals surface area (Å²) in [6.07, 6.45) is 2.67. The van der Waals surface area contributed by atoms with Crippen LogP contribution in [0.15, 0.2) is 72.8 Å². The van der Waals surface area contributed by atoms with Gasteiger partial charge in [0.25, 0.3) is 0 Å². The molecule has 0 aromatic heterocycles. The predicted molar refractivity (Wildman–Crippen MR) is 128 cm³/mol. The first-order valence-corrected chi connectivity index (χ1v) is 10.9. The van der Waals surface area contributed by atoms with Gasteiger partial charge >= 0.3 is 0 Å². The Labute approximate surface area is 196 Å². The minimum absolute atomic E-state index is 0.0864. The first kappa shape index (κ1) is 22.3. The second-order valence-corrected chi connectivity index (χ2v) is 8.80. The van der Waals surface area contributed by atoms with Gasteiger partial charge in [-0.05, 0) is 46.5 Å². The molecule has 3 N–H and O–H groups in total. The summed E-state index contributed by atoms with van der Waals surface area (Å²) in [4.78, 5) is 26.1. The van der Waals surface area contributed by atoms with Gasteiger partial charge in [0.1, 0.15) is 6.29 Å². The van der Waals surface area contributed by atoms with Crippen molar-refractivity contribution in [1.29, 1.82) is 0 Å². The third-order valence-electron chi connectivity index (χ3n) is 6.02. The number of rotatable bonds is 5. The van der Waals surface area contributed by atoms with Crippen molar-refractivity contribution < 1.29 is 14.7 Å². The normalized spacial score (nSPS) is 20.7. The summed E-state index contributed by atoms with van der Waals surface area (Å²) in [6, 6.07) is 19.3. The summed E-state index contributed by atoms with van der Waals surface area (Å²) in [7, 11) is 0. The number of Topliss-reactive ketones (excluding diaryl/α,β-unsaturated/α-hetero) is 1. The summed E-state index contributed by atoms with van der Waals surface area (Å²) in [5.74, 6) is -0.577. The van der Waals surface area contributed by atoms with Crippen molar-refractivity contribution in [2.75, 3.05) is 5.73 Å². The highest BCUT2D eigenvalue weighted by molar-refractivity contribution is 6.31. The quantitative estimate of drug-likeness (QED) is 0.393. The van der Waals surface area contributed by atoms with E-state index in [-0.39, 0.29) is 18.8 Å². The maximum atomic E-state index is 13.3. The van der Waals surface area contributed by atoms with E-state index >= 15 is 0 Å². The molecule has 0 aliphatic heterocycles. The van der Waals surface area contributed by atoms with Gasteiger partial charge in [0.2, 0.25) is 0 Å². The molecule has 3 aromatic rings. The van der Waals surface area contributed by atoms with Crippen LogP contribution in [0.2, 0.25) is 10.0 Å². The molecule has 162 valence electrons. The van der Waals surface area contributed by atoms with Crippen LogP contribution in [0.25, 0.3) is 5.57 Å². The number of hydrogen-bond donors (Lipinski definition) is 2. The van der Waals surface area contributed by atoms with Crippen LogP contribution in [-0.2, 0) is 21.6 Å². The van der Waals surface area contributed by atoms with Gasteiger partial charge < -0.3 is 15.6 Å². The number of nitrogens with two attached hydrogens (primary N) is 1. The number of anilines is 1. The molecular weight excluding hydrogens is 445 g/mol. The SMILES string of the molecule is Nc1cc(Cl)ccc1[C@@]1(C=O)C=C(c2ccc(CO)cc2)C(=O)C[C@H]1c1cccc(Cl)c1. The molecule has 0 fully saturated rings. The van der Waals surface area contributed by atoms with Crippen LogP contribution < -0.4 is 5.73 Å². The van der Waals surface area contributed by atoms with Gasteiger partial charge in [-0.25, -0.2) is 0 Å². The van der Waals surface area contributed by atoms with Gasteiger partial charge in [-0.15, -0.1) is 0 Å². The zero-order chi connectivity index (χ0) is 22.9. The number of allylic oxidation sites excluding steroid dienone is 2. The van der Waals surface area contributed by atoms with Crippen molar-refractivity contribution in [3.05, 3.63) is 105 Å². The fourth-order valence-corrected chi connectivity index (χ4v) is 4.79. The van der Waals surface area contributed by atoms with Crippen molar-refractivity contribution in [3.8, 4) is 0 Å². The number of hydrogen-bond acceptors (Lipinski definition) is 4. The van der Waals surface area contributed by atoms with Gasteiger partial charge in [0, 0.05) is 33.6 Å². The number of aliphatic hydroxyl groups is 1. The molecule has 2 atom stereocenters. The first-order valence-electron chi connectivity index (χ1n) is 10.1. The third kappa shape index (κ3) is 3.97. The van der Waals surface area contributed by atoms with E-state index in [0.29, 0.717) is 32.4 Å². The second-order valence-electron chi connectivity index (χ2n) is 7.93. The van der Waals surface area contributed by atoms with Crippen molar-refractivity contribution in [3.63, 3.8) is 0 Å². The fourth-order valence-electron chi connectivity index (χ4n) is 4.41. The number of benzene rings is 3. The molecule has 0 bridgehead atoms. The molecule has 0 spiro atoms. The van der Waals surface area contributed by atoms with Gasteiger partial charge in [-0.1, -0.05) is 71.7 Å². The lowest BCUT2D eigenvalue weighted by atomic mass is 9.61. The maximum absolute atomic E-state index is 13.3. The fraction of sp³-hybridized carbons (Fsp3) is 0.154. The summed E-state index contributed by atoms with van der Waals surface area (Å²) < 4.78 is 0. The summed E-state index contributed by atoms with van der Waals surface area (Å²) >= 11 is 12.4. The topological polar surface area (TPSA) is 80.4 Å². The molecule has 1 aliphatic rings. The van der Waals surface area contributed by atoms with Crippen LogP contribution in [0.1, 0.15) is 34.6 Å².